The van der Waals surface area contributed by atoms with Gasteiger partial charge in [0.2, 0.25) is 0 Å². The van der Waals surface area contributed by atoms with Crippen LogP contribution in [0.2, 0.25) is 0 Å². The van der Waals surface area contributed by atoms with Crippen LogP contribution in [0.5, 0.6) is 0 Å². The Morgan fingerprint density at radius 3 is 2.31 bits per heavy atom. The Morgan fingerprint density at radius 2 is 1.62 bits per heavy atom. The maximum atomic E-state index is 11.4. The molecule has 5 nitrogen and oxygen atoms in total. The number of carbonyl (C=O) groups is 1. The minimum atomic E-state index is -0.569. The predicted molar refractivity (Wildman–Crippen MR) is 127 cm³/mol. The first-order valence-corrected chi connectivity index (χ1v) is 10.5. The van der Waals surface area contributed by atoms with Gasteiger partial charge in [-0.3, -0.25) is 10.0 Å². The molecule has 1 aromatic heterocycles. The lowest BCUT2D eigenvalue weighted by atomic mass is 10.0. The van der Waals surface area contributed by atoms with Gasteiger partial charge in [0.05, 0.1) is 17.4 Å². The average molecular weight is 424 g/mol. The van der Waals surface area contributed by atoms with Gasteiger partial charge in [-0.05, 0) is 37.1 Å². The normalized spacial score (nSPS) is 12.1. The van der Waals surface area contributed by atoms with E-state index in [9.17, 15) is 4.79 Å². The Kier molecular flexibility index (Phi) is 6.29. The van der Waals surface area contributed by atoms with Gasteiger partial charge in [-0.15, -0.1) is 0 Å². The molecule has 5 heteroatoms. The topological polar surface area (TPSA) is 67.2 Å². The molecule has 0 unspecified atom stereocenters. The highest BCUT2D eigenvalue weighted by atomic mass is 16.5. The maximum Gasteiger partial charge on any atom is 0.267 e. The zero-order valence-electron chi connectivity index (χ0n) is 18.1. The van der Waals surface area contributed by atoms with Crippen LogP contribution >= 0.6 is 0 Å². The van der Waals surface area contributed by atoms with Crippen molar-refractivity contribution in [2.75, 3.05) is 0 Å². The first-order chi connectivity index (χ1) is 15.6. The fourth-order valence-corrected chi connectivity index (χ4v) is 3.94. The van der Waals surface area contributed by atoms with E-state index in [0.29, 0.717) is 0 Å². The highest BCUT2D eigenvalue weighted by molar-refractivity contribution is 5.91. The van der Waals surface area contributed by atoms with E-state index in [1.165, 1.54) is 11.6 Å². The zero-order valence-corrected chi connectivity index (χ0v) is 18.1. The number of amides is 1. The number of nitrogens with zero attached hydrogens (tertiary/aromatic N) is 2. The van der Waals surface area contributed by atoms with Crippen molar-refractivity contribution in [1.29, 1.82) is 0 Å². The van der Waals surface area contributed by atoms with Gasteiger partial charge in [0.1, 0.15) is 5.82 Å². The van der Waals surface area contributed by atoms with Crippen LogP contribution in [0.25, 0.3) is 28.7 Å². The molecule has 1 heterocycles. The Morgan fingerprint density at radius 1 is 0.969 bits per heavy atom. The second-order valence-corrected chi connectivity index (χ2v) is 7.63. The standard InChI is InChI=1S/C27H25N3O2/c1-19-26(24-15-9-10-21(18-24)16-17-25(31)29-32)30(20(2)22-11-5-3-6-12-22)27(28-19)23-13-7-4-8-14-23/h3-18,20,32H,1-2H3,(H,29,31)/b17-16+/t20-/m1/s1. The molecule has 0 aliphatic rings. The van der Waals surface area contributed by atoms with E-state index in [4.69, 9.17) is 10.2 Å². The number of hydroxylamine groups is 1. The summed E-state index contributed by atoms with van der Waals surface area (Å²) in [6.45, 7) is 4.21. The third kappa shape index (κ3) is 4.38. The molecule has 32 heavy (non-hydrogen) atoms. The third-order valence-corrected chi connectivity index (χ3v) is 5.48. The van der Waals surface area contributed by atoms with E-state index < -0.39 is 5.91 Å². The quantitative estimate of drug-likeness (QED) is 0.239. The molecule has 0 saturated heterocycles. The molecule has 2 N–H and O–H groups in total. The number of hydrogen-bond donors (Lipinski definition) is 2. The van der Waals surface area contributed by atoms with Crippen molar-refractivity contribution in [3.63, 3.8) is 0 Å². The van der Waals surface area contributed by atoms with E-state index in [1.54, 1.807) is 11.6 Å². The van der Waals surface area contributed by atoms with E-state index in [1.807, 2.05) is 49.4 Å². The van der Waals surface area contributed by atoms with E-state index in [0.717, 1.165) is 33.9 Å². The molecular formula is C27H25N3O2. The molecule has 0 saturated carbocycles. The summed E-state index contributed by atoms with van der Waals surface area (Å²) in [7, 11) is 0. The van der Waals surface area contributed by atoms with E-state index >= 15 is 0 Å². The Hall–Kier alpha value is -3.96. The number of carbonyl (C=O) groups excluding carboxylic acids is 1. The number of hydrogen-bond acceptors (Lipinski definition) is 3. The Bertz CT molecular complexity index is 1240. The molecule has 4 rings (SSSR count). The summed E-state index contributed by atoms with van der Waals surface area (Å²) in [5, 5.41) is 8.74. The van der Waals surface area contributed by atoms with Gasteiger partial charge in [-0.1, -0.05) is 78.9 Å². The smallest absolute Gasteiger partial charge is 0.267 e. The molecule has 0 aliphatic carbocycles. The Labute approximate surface area is 187 Å². The van der Waals surface area contributed by atoms with Crippen LogP contribution in [0.4, 0.5) is 0 Å². The van der Waals surface area contributed by atoms with Crippen LogP contribution in [-0.2, 0) is 4.79 Å². The second kappa shape index (κ2) is 9.45. The molecule has 1 amide bonds. The van der Waals surface area contributed by atoms with Crippen LogP contribution in [0.15, 0.2) is 91.0 Å². The lowest BCUT2D eigenvalue weighted by Crippen LogP contribution is -2.14. The van der Waals surface area contributed by atoms with E-state index in [2.05, 4.69) is 54.0 Å². The summed E-state index contributed by atoms with van der Waals surface area (Å²) >= 11 is 0. The summed E-state index contributed by atoms with van der Waals surface area (Å²) in [5.41, 5.74) is 7.68. The van der Waals surface area contributed by atoms with Crippen molar-refractivity contribution < 1.29 is 10.0 Å². The first kappa shape index (κ1) is 21.3. The van der Waals surface area contributed by atoms with Crippen LogP contribution in [-0.4, -0.2) is 20.7 Å². The zero-order chi connectivity index (χ0) is 22.5. The summed E-state index contributed by atoms with van der Waals surface area (Å²) in [6.07, 6.45) is 2.97. The number of benzene rings is 3. The SMILES string of the molecule is Cc1nc(-c2ccccc2)n([C@H](C)c2ccccc2)c1-c1cccc(/C=C/C(=O)NO)c1. The van der Waals surface area contributed by atoms with E-state index in [-0.39, 0.29) is 6.04 Å². The van der Waals surface area contributed by atoms with Crippen molar-refractivity contribution in [3.05, 3.63) is 108 Å². The molecule has 4 aromatic rings. The van der Waals surface area contributed by atoms with Crippen molar-refractivity contribution in [3.8, 4) is 22.6 Å². The first-order valence-electron chi connectivity index (χ1n) is 10.5. The largest absolute Gasteiger partial charge is 0.316 e. The summed E-state index contributed by atoms with van der Waals surface area (Å²) in [6, 6.07) is 28.6. The maximum absolute atomic E-state index is 11.4. The Balaban J connectivity index is 1.89. The molecule has 3 aromatic carbocycles. The van der Waals surface area contributed by atoms with Gasteiger partial charge in [-0.25, -0.2) is 10.5 Å². The lowest BCUT2D eigenvalue weighted by Gasteiger charge is -2.21. The highest BCUT2D eigenvalue weighted by Gasteiger charge is 2.22. The van der Waals surface area contributed by atoms with Crippen molar-refractivity contribution >= 4 is 12.0 Å². The van der Waals surface area contributed by atoms with Gasteiger partial charge in [0.25, 0.3) is 5.91 Å². The fraction of sp³-hybridized carbons (Fsp3) is 0.111. The molecule has 0 bridgehead atoms. The number of aromatic nitrogens is 2. The van der Waals surface area contributed by atoms with Gasteiger partial charge >= 0.3 is 0 Å². The summed E-state index contributed by atoms with van der Waals surface area (Å²) in [5.74, 6) is 0.343. The van der Waals surface area contributed by atoms with Gasteiger partial charge < -0.3 is 4.57 Å². The lowest BCUT2D eigenvalue weighted by molar-refractivity contribution is -0.124. The van der Waals surface area contributed by atoms with Crippen molar-refractivity contribution in [1.82, 2.24) is 15.0 Å². The highest BCUT2D eigenvalue weighted by Crippen LogP contribution is 2.35. The molecule has 0 radical (unpaired) electrons. The van der Waals surface area contributed by atoms with Crippen LogP contribution in [0, 0.1) is 6.92 Å². The third-order valence-electron chi connectivity index (χ3n) is 5.48. The second-order valence-electron chi connectivity index (χ2n) is 7.63. The number of imidazole rings is 1. The van der Waals surface area contributed by atoms with Crippen LogP contribution < -0.4 is 5.48 Å². The molecule has 0 spiro atoms. The minimum absolute atomic E-state index is 0.0574. The van der Waals surface area contributed by atoms with Gasteiger partial charge in [0, 0.05) is 17.2 Å². The van der Waals surface area contributed by atoms with Gasteiger partial charge in [0.15, 0.2) is 0 Å². The molecule has 0 fully saturated rings. The molecular weight excluding hydrogens is 398 g/mol. The molecule has 0 aliphatic heterocycles. The molecule has 1 atom stereocenters. The van der Waals surface area contributed by atoms with Crippen molar-refractivity contribution in [2.24, 2.45) is 0 Å². The molecule has 160 valence electrons. The summed E-state index contributed by atoms with van der Waals surface area (Å²) in [4.78, 5) is 16.4. The number of aryl methyl sites for hydroxylation is 1. The van der Waals surface area contributed by atoms with Crippen LogP contribution in [0.1, 0.15) is 29.8 Å². The monoisotopic (exact) mass is 423 g/mol. The number of rotatable bonds is 6. The fourth-order valence-electron chi connectivity index (χ4n) is 3.94. The summed E-state index contributed by atoms with van der Waals surface area (Å²) < 4.78 is 2.28. The van der Waals surface area contributed by atoms with Crippen LogP contribution in [0.3, 0.4) is 0 Å². The average Bonchev–Trinajstić information content (AvgIpc) is 3.20. The minimum Gasteiger partial charge on any atom is -0.316 e. The van der Waals surface area contributed by atoms with Crippen molar-refractivity contribution in [2.45, 2.75) is 19.9 Å². The predicted octanol–water partition coefficient (Wildman–Crippen LogP) is 5.65. The number of nitrogens with one attached hydrogen (secondary N) is 1. The van der Waals surface area contributed by atoms with Gasteiger partial charge in [-0.2, -0.15) is 0 Å².